The zero-order valence-corrected chi connectivity index (χ0v) is 7.05. The number of hydrogen-bond donors (Lipinski definition) is 0. The summed E-state index contributed by atoms with van der Waals surface area (Å²) in [4.78, 5) is 13.4. The number of isocyanates is 1. The van der Waals surface area contributed by atoms with Crippen molar-refractivity contribution in [1.29, 1.82) is 0 Å². The fraction of sp³-hybridized carbons (Fsp3) is 0.500. The van der Waals surface area contributed by atoms with Gasteiger partial charge in [0.2, 0.25) is 6.08 Å². The molecule has 1 aromatic heterocycles. The highest BCUT2D eigenvalue weighted by Gasteiger charge is 2.09. The van der Waals surface area contributed by atoms with Crippen LogP contribution in [0.5, 0.6) is 0 Å². The predicted octanol–water partition coefficient (Wildman–Crippen LogP) is 1.63. The number of hydrogen-bond acceptors (Lipinski definition) is 5. The normalized spacial score (nSPS) is 9.73. The molecule has 0 aromatic carbocycles. The van der Waals surface area contributed by atoms with Crippen LogP contribution in [0.25, 0.3) is 0 Å². The van der Waals surface area contributed by atoms with E-state index in [4.69, 9.17) is 0 Å². The molecule has 0 saturated carbocycles. The van der Waals surface area contributed by atoms with E-state index in [-0.39, 0.29) is 5.92 Å². The molecule has 0 spiro atoms. The predicted molar refractivity (Wildman–Crippen MR) is 41.8 cm³/mol. The first-order valence-electron chi connectivity index (χ1n) is 3.16. The average Bonchev–Trinajstić information content (AvgIpc) is 2.36. The van der Waals surface area contributed by atoms with Crippen LogP contribution in [-0.2, 0) is 4.79 Å². The van der Waals surface area contributed by atoms with Gasteiger partial charge in [-0.05, 0) is 0 Å². The highest BCUT2D eigenvalue weighted by Crippen LogP contribution is 2.26. The second-order valence-corrected chi connectivity index (χ2v) is 3.05. The quantitative estimate of drug-likeness (QED) is 0.499. The van der Waals surface area contributed by atoms with Crippen LogP contribution in [0.2, 0.25) is 0 Å². The molecular weight excluding hydrogens is 162 g/mol. The number of aromatic nitrogens is 2. The topological polar surface area (TPSA) is 55.2 Å². The van der Waals surface area contributed by atoms with E-state index in [1.807, 2.05) is 13.8 Å². The lowest BCUT2D eigenvalue weighted by Crippen LogP contribution is -1.86. The first kappa shape index (κ1) is 8.04. The molecule has 1 heterocycles. The number of aliphatic imine (C=N–C) groups is 1. The summed E-state index contributed by atoms with van der Waals surface area (Å²) >= 11 is 1.11. The third-order valence-electron chi connectivity index (χ3n) is 1.19. The van der Waals surface area contributed by atoms with Crippen molar-refractivity contribution < 1.29 is 4.79 Å². The Morgan fingerprint density at radius 3 is 2.91 bits per heavy atom. The summed E-state index contributed by atoms with van der Waals surface area (Å²) in [7, 11) is 0. The van der Waals surface area contributed by atoms with Gasteiger partial charge < -0.3 is 0 Å². The summed E-state index contributed by atoms with van der Waals surface area (Å²) in [6.45, 7) is 3.95. The van der Waals surface area contributed by atoms with E-state index in [1.54, 1.807) is 0 Å². The van der Waals surface area contributed by atoms with Crippen LogP contribution in [0, 0.1) is 0 Å². The molecule has 0 radical (unpaired) electrons. The Hall–Kier alpha value is -1.06. The molecule has 0 unspecified atom stereocenters. The van der Waals surface area contributed by atoms with E-state index < -0.39 is 0 Å². The Morgan fingerprint density at radius 2 is 2.36 bits per heavy atom. The third-order valence-corrected chi connectivity index (χ3v) is 1.83. The van der Waals surface area contributed by atoms with Crippen molar-refractivity contribution in [2.45, 2.75) is 19.8 Å². The second-order valence-electron chi connectivity index (χ2n) is 2.32. The van der Waals surface area contributed by atoms with Gasteiger partial charge in [0, 0.05) is 17.5 Å². The number of carbonyl (C=O) groups excluding carboxylic acids is 1. The maximum Gasteiger partial charge on any atom is 0.241 e. The fourth-order valence-electron chi connectivity index (χ4n) is 0.674. The molecule has 11 heavy (non-hydrogen) atoms. The van der Waals surface area contributed by atoms with Crippen LogP contribution in [-0.4, -0.2) is 15.7 Å². The summed E-state index contributed by atoms with van der Waals surface area (Å²) in [5.74, 6) is 0.251. The first-order chi connectivity index (χ1) is 5.25. The molecule has 58 valence electrons. The van der Waals surface area contributed by atoms with Gasteiger partial charge in [-0.1, -0.05) is 18.3 Å². The molecule has 0 saturated heterocycles. The molecule has 1 rings (SSSR count). The van der Waals surface area contributed by atoms with E-state index >= 15 is 0 Å². The number of rotatable bonds is 2. The van der Waals surface area contributed by atoms with Crippen LogP contribution in [0.4, 0.5) is 5.00 Å². The van der Waals surface area contributed by atoms with Crippen molar-refractivity contribution in [1.82, 2.24) is 9.59 Å². The van der Waals surface area contributed by atoms with E-state index in [0.29, 0.717) is 5.00 Å². The van der Waals surface area contributed by atoms with E-state index in [9.17, 15) is 4.79 Å². The van der Waals surface area contributed by atoms with Crippen LogP contribution >= 0.6 is 11.5 Å². The van der Waals surface area contributed by atoms with Crippen molar-refractivity contribution in [2.75, 3.05) is 0 Å². The smallest absolute Gasteiger partial charge is 0.211 e. The molecule has 4 nitrogen and oxygen atoms in total. The van der Waals surface area contributed by atoms with Gasteiger partial charge in [-0.15, -0.1) is 5.10 Å². The lowest BCUT2D eigenvalue weighted by molar-refractivity contribution is 0.565. The van der Waals surface area contributed by atoms with Crippen LogP contribution in [0.1, 0.15) is 25.5 Å². The lowest BCUT2D eigenvalue weighted by Gasteiger charge is -1.96. The highest BCUT2D eigenvalue weighted by molar-refractivity contribution is 7.09. The summed E-state index contributed by atoms with van der Waals surface area (Å²) < 4.78 is 3.68. The molecule has 0 fully saturated rings. The minimum Gasteiger partial charge on any atom is -0.211 e. The van der Waals surface area contributed by atoms with E-state index in [0.717, 1.165) is 17.2 Å². The third kappa shape index (κ3) is 1.69. The number of nitrogens with zero attached hydrogens (tertiary/aromatic N) is 3. The SMILES string of the molecule is CC(C)c1nnsc1N=C=O. The zero-order valence-electron chi connectivity index (χ0n) is 6.24. The summed E-state index contributed by atoms with van der Waals surface area (Å²) in [5.41, 5.74) is 0.762. The van der Waals surface area contributed by atoms with Crippen LogP contribution in [0.15, 0.2) is 4.99 Å². The van der Waals surface area contributed by atoms with Crippen molar-refractivity contribution in [3.63, 3.8) is 0 Å². The van der Waals surface area contributed by atoms with Crippen LogP contribution < -0.4 is 0 Å². The van der Waals surface area contributed by atoms with E-state index in [1.165, 1.54) is 6.08 Å². The molecule has 1 aromatic rings. The highest BCUT2D eigenvalue weighted by atomic mass is 32.1. The molecule has 0 amide bonds. The van der Waals surface area contributed by atoms with E-state index in [2.05, 4.69) is 14.6 Å². The average molecular weight is 169 g/mol. The van der Waals surface area contributed by atoms with Gasteiger partial charge in [0.15, 0.2) is 5.00 Å². The van der Waals surface area contributed by atoms with Crippen molar-refractivity contribution in [2.24, 2.45) is 4.99 Å². The minimum absolute atomic E-state index is 0.251. The Kier molecular flexibility index (Phi) is 2.46. The van der Waals surface area contributed by atoms with Crippen molar-refractivity contribution >= 4 is 22.6 Å². The summed E-state index contributed by atoms with van der Waals surface area (Å²) in [5, 5.41) is 4.40. The van der Waals surface area contributed by atoms with Gasteiger partial charge >= 0.3 is 0 Å². The largest absolute Gasteiger partial charge is 0.241 e. The Bertz CT molecular complexity index is 288. The maximum atomic E-state index is 9.91. The second kappa shape index (κ2) is 3.37. The standard InChI is InChI=1S/C6H7N3OS/c1-4(2)5-6(7-3-10)11-9-8-5/h4H,1-2H3. The Balaban J connectivity index is 3.05. The van der Waals surface area contributed by atoms with Gasteiger partial charge in [0.1, 0.15) is 5.69 Å². The Labute approximate surface area is 68.1 Å². The molecule has 5 heteroatoms. The molecule has 0 bridgehead atoms. The zero-order chi connectivity index (χ0) is 8.27. The molecule has 0 aliphatic carbocycles. The molecule has 0 aliphatic rings. The summed E-state index contributed by atoms with van der Waals surface area (Å²) in [6, 6.07) is 0. The van der Waals surface area contributed by atoms with Gasteiger partial charge in [0.25, 0.3) is 0 Å². The molecule has 0 atom stereocenters. The minimum atomic E-state index is 0.251. The molecule has 0 aliphatic heterocycles. The maximum absolute atomic E-state index is 9.91. The summed E-state index contributed by atoms with van der Waals surface area (Å²) in [6.07, 6.45) is 1.47. The fourth-order valence-corrected chi connectivity index (χ4v) is 1.33. The van der Waals surface area contributed by atoms with Crippen LogP contribution in [0.3, 0.4) is 0 Å². The van der Waals surface area contributed by atoms with Crippen molar-refractivity contribution in [3.8, 4) is 0 Å². The van der Waals surface area contributed by atoms with Gasteiger partial charge in [-0.25, -0.2) is 4.79 Å². The Morgan fingerprint density at radius 1 is 1.64 bits per heavy atom. The molecule has 0 N–H and O–H groups in total. The monoisotopic (exact) mass is 169 g/mol. The molecular formula is C6H7N3OS. The van der Waals surface area contributed by atoms with Gasteiger partial charge in [-0.3, -0.25) is 0 Å². The lowest BCUT2D eigenvalue weighted by atomic mass is 10.1. The van der Waals surface area contributed by atoms with Gasteiger partial charge in [0.05, 0.1) is 0 Å². The van der Waals surface area contributed by atoms with Crippen molar-refractivity contribution in [3.05, 3.63) is 5.69 Å². The van der Waals surface area contributed by atoms with Gasteiger partial charge in [-0.2, -0.15) is 4.99 Å². The first-order valence-corrected chi connectivity index (χ1v) is 3.93.